The molecule has 0 fully saturated rings. The maximum absolute atomic E-state index is 9.50. The van der Waals surface area contributed by atoms with Crippen LogP contribution in [0.5, 0.6) is 5.75 Å². The van der Waals surface area contributed by atoms with Gasteiger partial charge in [-0.3, -0.25) is 0 Å². The normalized spacial score (nSPS) is 13.6. The zero-order chi connectivity index (χ0) is 12.2. The van der Waals surface area contributed by atoms with Gasteiger partial charge in [0.1, 0.15) is 5.75 Å². The Hall–Kier alpha value is -1.06. The molecule has 0 saturated heterocycles. The second kappa shape index (κ2) is 5.32. The van der Waals surface area contributed by atoms with Crippen LogP contribution >= 0.6 is 0 Å². The fourth-order valence-electron chi connectivity index (χ4n) is 1.26. The van der Waals surface area contributed by atoms with Crippen LogP contribution in [0, 0.1) is 0 Å². The molecule has 1 aromatic carbocycles. The van der Waals surface area contributed by atoms with Crippen molar-refractivity contribution < 1.29 is 14.9 Å². The maximum Gasteiger partial charge on any atom is 0.119 e. The van der Waals surface area contributed by atoms with Gasteiger partial charge >= 0.3 is 0 Å². The zero-order valence-corrected chi connectivity index (χ0v) is 10.1. The molecule has 3 nitrogen and oxygen atoms in total. The summed E-state index contributed by atoms with van der Waals surface area (Å²) in [6.07, 6.45) is 0.135. The van der Waals surface area contributed by atoms with Crippen molar-refractivity contribution in [2.24, 2.45) is 0 Å². The lowest BCUT2D eigenvalue weighted by Gasteiger charge is -2.17. The third kappa shape index (κ3) is 4.64. The molecule has 1 unspecified atom stereocenters. The highest BCUT2D eigenvalue weighted by molar-refractivity contribution is 5.28. The Kier molecular flexibility index (Phi) is 4.33. The molecule has 0 spiro atoms. The van der Waals surface area contributed by atoms with Crippen molar-refractivity contribution in [2.75, 3.05) is 6.61 Å². The van der Waals surface area contributed by atoms with E-state index in [1.807, 2.05) is 24.3 Å². The number of hydrogen-bond donors (Lipinski definition) is 2. The predicted octanol–water partition coefficient (Wildman–Crippen LogP) is 2.28. The number of ether oxygens (including phenoxy) is 1. The summed E-state index contributed by atoms with van der Waals surface area (Å²) in [6.45, 7) is 5.72. The minimum atomic E-state index is -0.695. The van der Waals surface area contributed by atoms with E-state index in [-0.39, 0.29) is 0 Å². The molecule has 0 aliphatic heterocycles. The van der Waals surface area contributed by atoms with Crippen molar-refractivity contribution >= 4 is 0 Å². The molecular formula is C13H20O3. The summed E-state index contributed by atoms with van der Waals surface area (Å²) in [5.41, 5.74) is 0.175. The summed E-state index contributed by atoms with van der Waals surface area (Å²) in [7, 11) is 0. The molecule has 1 rings (SSSR count). The average molecular weight is 224 g/mol. The molecule has 1 atom stereocenters. The van der Waals surface area contributed by atoms with Crippen LogP contribution in [-0.4, -0.2) is 22.4 Å². The van der Waals surface area contributed by atoms with Crippen LogP contribution in [0.2, 0.25) is 0 Å². The molecule has 90 valence electrons. The second-order valence-electron chi connectivity index (χ2n) is 4.66. The van der Waals surface area contributed by atoms with Gasteiger partial charge in [-0.25, -0.2) is 0 Å². The van der Waals surface area contributed by atoms with E-state index in [0.29, 0.717) is 13.0 Å². The molecule has 0 aliphatic rings. The van der Waals surface area contributed by atoms with Gasteiger partial charge in [-0.15, -0.1) is 0 Å². The first kappa shape index (κ1) is 13.0. The summed E-state index contributed by atoms with van der Waals surface area (Å²) in [4.78, 5) is 0. The summed E-state index contributed by atoms with van der Waals surface area (Å²) in [6, 6.07) is 7.33. The topological polar surface area (TPSA) is 49.7 Å². The molecule has 0 heterocycles. The Bertz CT molecular complexity index is 309. The van der Waals surface area contributed by atoms with Gasteiger partial charge in [0.05, 0.1) is 18.3 Å². The van der Waals surface area contributed by atoms with E-state index in [1.54, 1.807) is 20.8 Å². The molecule has 2 N–H and O–H groups in total. The molecule has 3 heteroatoms. The molecule has 1 aromatic rings. The van der Waals surface area contributed by atoms with E-state index in [1.165, 1.54) is 0 Å². The van der Waals surface area contributed by atoms with E-state index >= 15 is 0 Å². The Morgan fingerprint density at radius 2 is 1.81 bits per heavy atom. The highest BCUT2D eigenvalue weighted by atomic mass is 16.5. The average Bonchev–Trinajstić information content (AvgIpc) is 2.16. The van der Waals surface area contributed by atoms with Crippen LogP contribution in [0.3, 0.4) is 0 Å². The molecule has 0 radical (unpaired) electrons. The van der Waals surface area contributed by atoms with Crippen LogP contribution in [0.4, 0.5) is 0 Å². The quantitative estimate of drug-likeness (QED) is 0.806. The Labute approximate surface area is 96.7 Å². The number of rotatable bonds is 5. The van der Waals surface area contributed by atoms with Gasteiger partial charge in [0.2, 0.25) is 0 Å². The largest absolute Gasteiger partial charge is 0.493 e. The van der Waals surface area contributed by atoms with Crippen LogP contribution in [-0.2, 0) is 0 Å². The van der Waals surface area contributed by atoms with Gasteiger partial charge in [0.25, 0.3) is 0 Å². The summed E-state index contributed by atoms with van der Waals surface area (Å²) >= 11 is 0. The third-order valence-corrected chi connectivity index (χ3v) is 2.35. The van der Waals surface area contributed by atoms with Crippen LogP contribution in [0.25, 0.3) is 0 Å². The van der Waals surface area contributed by atoms with Crippen molar-refractivity contribution in [1.82, 2.24) is 0 Å². The number of benzene rings is 1. The lowest BCUT2D eigenvalue weighted by Crippen LogP contribution is -2.21. The van der Waals surface area contributed by atoms with Gasteiger partial charge in [0.15, 0.2) is 0 Å². The first-order valence-corrected chi connectivity index (χ1v) is 5.52. The minimum Gasteiger partial charge on any atom is -0.493 e. The summed E-state index contributed by atoms with van der Waals surface area (Å²) in [5, 5.41) is 18.8. The highest BCUT2D eigenvalue weighted by Gasteiger charge is 2.12. The Balaban J connectivity index is 2.44. The lowest BCUT2D eigenvalue weighted by molar-refractivity contribution is 0.0553. The maximum atomic E-state index is 9.50. The number of aliphatic hydroxyl groups excluding tert-OH is 1. The van der Waals surface area contributed by atoms with E-state index in [9.17, 15) is 10.2 Å². The lowest BCUT2D eigenvalue weighted by atomic mass is 10.1. The first-order valence-electron chi connectivity index (χ1n) is 5.52. The number of aliphatic hydroxyl groups is 2. The van der Waals surface area contributed by atoms with Gasteiger partial charge in [0, 0.05) is 6.42 Å². The van der Waals surface area contributed by atoms with E-state index in [0.717, 1.165) is 11.3 Å². The van der Waals surface area contributed by atoms with Crippen molar-refractivity contribution in [3.05, 3.63) is 29.8 Å². The van der Waals surface area contributed by atoms with Gasteiger partial charge in [-0.2, -0.15) is 0 Å². The molecule has 16 heavy (non-hydrogen) atoms. The van der Waals surface area contributed by atoms with Gasteiger partial charge < -0.3 is 14.9 Å². The predicted molar refractivity (Wildman–Crippen MR) is 63.5 cm³/mol. The van der Waals surface area contributed by atoms with Crippen molar-refractivity contribution in [2.45, 2.75) is 38.9 Å². The number of hydrogen-bond acceptors (Lipinski definition) is 3. The van der Waals surface area contributed by atoms with Crippen molar-refractivity contribution in [3.8, 4) is 5.75 Å². The fourth-order valence-corrected chi connectivity index (χ4v) is 1.26. The molecule has 0 aliphatic carbocycles. The minimum absolute atomic E-state index is 0.453. The summed E-state index contributed by atoms with van der Waals surface area (Å²) in [5.74, 6) is 0.758. The van der Waals surface area contributed by atoms with E-state index in [2.05, 4.69) is 0 Å². The van der Waals surface area contributed by atoms with E-state index in [4.69, 9.17) is 4.74 Å². The van der Waals surface area contributed by atoms with Crippen molar-refractivity contribution in [3.63, 3.8) is 0 Å². The first-order chi connectivity index (χ1) is 7.38. The smallest absolute Gasteiger partial charge is 0.119 e. The zero-order valence-electron chi connectivity index (χ0n) is 10.1. The molecular weight excluding hydrogens is 204 g/mol. The van der Waals surface area contributed by atoms with Crippen LogP contribution < -0.4 is 4.74 Å². The molecule has 0 bridgehead atoms. The van der Waals surface area contributed by atoms with Crippen LogP contribution in [0.15, 0.2) is 24.3 Å². The Morgan fingerprint density at radius 3 is 2.25 bits per heavy atom. The van der Waals surface area contributed by atoms with Gasteiger partial charge in [-0.1, -0.05) is 12.1 Å². The second-order valence-corrected chi connectivity index (χ2v) is 4.66. The Morgan fingerprint density at radius 1 is 1.25 bits per heavy atom. The molecule has 0 saturated carbocycles. The molecule has 0 amide bonds. The summed E-state index contributed by atoms with van der Waals surface area (Å²) < 4.78 is 5.48. The highest BCUT2D eigenvalue weighted by Crippen LogP contribution is 2.18. The SMILES string of the molecule is CC(O)c1ccc(OCCC(C)(C)O)cc1. The standard InChI is InChI=1S/C13H20O3/c1-10(14)11-4-6-12(7-5-11)16-9-8-13(2,3)15/h4-7,10,14-15H,8-9H2,1-3H3. The van der Waals surface area contributed by atoms with Crippen molar-refractivity contribution in [1.29, 1.82) is 0 Å². The van der Waals surface area contributed by atoms with Gasteiger partial charge in [-0.05, 0) is 38.5 Å². The molecule has 0 aromatic heterocycles. The third-order valence-electron chi connectivity index (χ3n) is 2.35. The van der Waals surface area contributed by atoms with E-state index < -0.39 is 11.7 Å². The van der Waals surface area contributed by atoms with Crippen LogP contribution in [0.1, 0.15) is 38.9 Å². The fraction of sp³-hybridized carbons (Fsp3) is 0.538. The monoisotopic (exact) mass is 224 g/mol.